The molecule has 4 N–H and O–H groups in total. The summed E-state index contributed by atoms with van der Waals surface area (Å²) in [7, 11) is 0. The first kappa shape index (κ1) is 21.3. The SMILES string of the molecule is CC(=O)Nc1nc(-c2ccc(CCCN)cc2)c(-c2ccc(CS(=O)O)cc2)s1. The van der Waals surface area contributed by atoms with Crippen molar-refractivity contribution in [2.24, 2.45) is 5.73 Å². The van der Waals surface area contributed by atoms with Crippen molar-refractivity contribution < 1.29 is 13.6 Å². The van der Waals surface area contributed by atoms with Gasteiger partial charge in [0.1, 0.15) is 0 Å². The summed E-state index contributed by atoms with van der Waals surface area (Å²) in [5, 5.41) is 3.30. The van der Waals surface area contributed by atoms with Gasteiger partial charge in [0.15, 0.2) is 16.2 Å². The molecule has 0 saturated carbocycles. The van der Waals surface area contributed by atoms with Gasteiger partial charge in [-0.25, -0.2) is 9.19 Å². The van der Waals surface area contributed by atoms with E-state index in [0.29, 0.717) is 11.7 Å². The van der Waals surface area contributed by atoms with Crippen LogP contribution in [0.3, 0.4) is 0 Å². The number of carbonyl (C=O) groups excluding carboxylic acids is 1. The molecule has 8 heteroatoms. The minimum atomic E-state index is -1.87. The number of benzene rings is 2. The first-order chi connectivity index (χ1) is 14.0. The standard InChI is InChI=1S/C21H23N3O3S2/c1-14(25)23-21-24-19(17-8-4-15(5-9-17)3-2-12-22)20(28-21)18-10-6-16(7-11-18)13-29(26)27/h4-11H,2-3,12-13,22H2,1H3,(H,26,27)(H,23,24,25). The van der Waals surface area contributed by atoms with Gasteiger partial charge in [-0.15, -0.1) is 0 Å². The number of nitrogens with zero attached hydrogens (tertiary/aromatic N) is 1. The number of nitrogens with one attached hydrogen (secondary N) is 1. The maximum atomic E-state index is 11.5. The zero-order chi connectivity index (χ0) is 20.8. The lowest BCUT2D eigenvalue weighted by atomic mass is 10.0. The molecule has 2 aromatic carbocycles. The fourth-order valence-electron chi connectivity index (χ4n) is 2.95. The fourth-order valence-corrected chi connectivity index (χ4v) is 4.46. The Morgan fingerprint density at radius 1 is 1.10 bits per heavy atom. The quantitative estimate of drug-likeness (QED) is 0.469. The van der Waals surface area contributed by atoms with Crippen molar-refractivity contribution in [1.82, 2.24) is 4.98 Å². The summed E-state index contributed by atoms with van der Waals surface area (Å²) in [6.07, 6.45) is 1.88. The van der Waals surface area contributed by atoms with E-state index in [1.807, 2.05) is 36.4 Å². The lowest BCUT2D eigenvalue weighted by Crippen LogP contribution is -2.04. The summed E-state index contributed by atoms with van der Waals surface area (Å²) < 4.78 is 20.1. The van der Waals surface area contributed by atoms with Gasteiger partial charge in [-0.2, -0.15) is 0 Å². The van der Waals surface area contributed by atoms with Gasteiger partial charge in [-0.3, -0.25) is 4.79 Å². The molecule has 3 rings (SSSR count). The molecule has 1 amide bonds. The summed E-state index contributed by atoms with van der Waals surface area (Å²) in [6.45, 7) is 2.12. The summed E-state index contributed by atoms with van der Waals surface area (Å²) in [4.78, 5) is 17.1. The van der Waals surface area contributed by atoms with Gasteiger partial charge in [0, 0.05) is 12.5 Å². The van der Waals surface area contributed by atoms with Gasteiger partial charge in [-0.05, 0) is 36.1 Å². The van der Waals surface area contributed by atoms with Crippen LogP contribution in [0.25, 0.3) is 21.7 Å². The topological polar surface area (TPSA) is 105 Å². The van der Waals surface area contributed by atoms with Gasteiger partial charge in [0.05, 0.1) is 16.3 Å². The van der Waals surface area contributed by atoms with E-state index in [1.165, 1.54) is 23.8 Å². The Kier molecular flexibility index (Phi) is 7.27. The molecule has 6 nitrogen and oxygen atoms in total. The van der Waals surface area contributed by atoms with Crippen molar-refractivity contribution in [1.29, 1.82) is 0 Å². The average molecular weight is 430 g/mol. The second kappa shape index (κ2) is 9.89. The molecule has 0 aliphatic heterocycles. The van der Waals surface area contributed by atoms with E-state index in [-0.39, 0.29) is 11.7 Å². The third-order valence-electron chi connectivity index (χ3n) is 4.31. The van der Waals surface area contributed by atoms with E-state index in [2.05, 4.69) is 22.4 Å². The molecule has 0 bridgehead atoms. The number of rotatable bonds is 8. The van der Waals surface area contributed by atoms with E-state index < -0.39 is 11.1 Å². The fraction of sp³-hybridized carbons (Fsp3) is 0.238. The second-order valence-electron chi connectivity index (χ2n) is 6.63. The molecular formula is C21H23N3O3S2. The van der Waals surface area contributed by atoms with Crippen molar-refractivity contribution in [3.8, 4) is 21.7 Å². The first-order valence-electron chi connectivity index (χ1n) is 9.21. The number of hydrogen-bond acceptors (Lipinski definition) is 5. The molecule has 0 radical (unpaired) electrons. The number of aryl methyl sites for hydroxylation is 1. The number of anilines is 1. The Labute approximate surface area is 176 Å². The van der Waals surface area contributed by atoms with Crippen LogP contribution in [0, 0.1) is 0 Å². The van der Waals surface area contributed by atoms with E-state index in [0.717, 1.165) is 40.1 Å². The highest BCUT2D eigenvalue weighted by atomic mass is 32.2. The normalized spacial score (nSPS) is 12.0. The molecule has 0 aliphatic rings. The molecule has 1 heterocycles. The van der Waals surface area contributed by atoms with E-state index in [9.17, 15) is 9.00 Å². The van der Waals surface area contributed by atoms with Crippen LogP contribution >= 0.6 is 11.3 Å². The Hall–Kier alpha value is -2.39. The third-order valence-corrected chi connectivity index (χ3v) is 5.91. The zero-order valence-corrected chi connectivity index (χ0v) is 17.7. The van der Waals surface area contributed by atoms with Gasteiger partial charge >= 0.3 is 0 Å². The number of carbonyl (C=O) groups is 1. The Morgan fingerprint density at radius 3 is 2.31 bits per heavy atom. The first-order valence-corrected chi connectivity index (χ1v) is 11.3. The summed E-state index contributed by atoms with van der Waals surface area (Å²) in [5.41, 5.74) is 10.3. The van der Waals surface area contributed by atoms with E-state index >= 15 is 0 Å². The zero-order valence-electron chi connectivity index (χ0n) is 16.1. The highest BCUT2D eigenvalue weighted by molar-refractivity contribution is 7.78. The molecule has 0 spiro atoms. The number of hydrogen-bond donors (Lipinski definition) is 3. The molecule has 0 aliphatic carbocycles. The molecule has 1 atom stereocenters. The molecule has 29 heavy (non-hydrogen) atoms. The Bertz CT molecular complexity index is 999. The number of amides is 1. The van der Waals surface area contributed by atoms with Crippen LogP contribution < -0.4 is 11.1 Å². The van der Waals surface area contributed by atoms with Crippen LogP contribution in [0.5, 0.6) is 0 Å². The molecule has 0 fully saturated rings. The monoisotopic (exact) mass is 429 g/mol. The Morgan fingerprint density at radius 2 is 1.72 bits per heavy atom. The lowest BCUT2D eigenvalue weighted by molar-refractivity contribution is -0.114. The molecule has 0 saturated heterocycles. The van der Waals surface area contributed by atoms with Gasteiger partial charge in [-0.1, -0.05) is 59.9 Å². The smallest absolute Gasteiger partial charge is 0.223 e. The van der Waals surface area contributed by atoms with Gasteiger partial charge in [0.25, 0.3) is 0 Å². The van der Waals surface area contributed by atoms with Gasteiger partial charge in [0.2, 0.25) is 5.91 Å². The van der Waals surface area contributed by atoms with Crippen molar-refractivity contribution in [2.45, 2.75) is 25.5 Å². The number of aromatic nitrogens is 1. The van der Waals surface area contributed by atoms with Crippen molar-refractivity contribution in [2.75, 3.05) is 11.9 Å². The predicted octanol–water partition coefficient (Wildman–Crippen LogP) is 4.05. The van der Waals surface area contributed by atoms with Crippen LogP contribution in [0.2, 0.25) is 0 Å². The van der Waals surface area contributed by atoms with Crippen molar-refractivity contribution in [3.05, 3.63) is 59.7 Å². The van der Waals surface area contributed by atoms with E-state index in [1.54, 1.807) is 0 Å². The highest BCUT2D eigenvalue weighted by Gasteiger charge is 2.16. The van der Waals surface area contributed by atoms with Crippen LogP contribution in [0.1, 0.15) is 24.5 Å². The number of thiazole rings is 1. The maximum Gasteiger partial charge on any atom is 0.223 e. The minimum Gasteiger partial charge on any atom is -0.330 e. The molecule has 1 unspecified atom stereocenters. The lowest BCUT2D eigenvalue weighted by Gasteiger charge is -2.06. The second-order valence-corrected chi connectivity index (χ2v) is 8.56. The van der Waals surface area contributed by atoms with Crippen LogP contribution in [-0.4, -0.2) is 26.2 Å². The largest absolute Gasteiger partial charge is 0.330 e. The minimum absolute atomic E-state index is 0.0945. The van der Waals surface area contributed by atoms with E-state index in [4.69, 9.17) is 10.3 Å². The molecule has 1 aromatic heterocycles. The average Bonchev–Trinajstić information content (AvgIpc) is 3.10. The predicted molar refractivity (Wildman–Crippen MR) is 119 cm³/mol. The van der Waals surface area contributed by atoms with Crippen molar-refractivity contribution in [3.63, 3.8) is 0 Å². The summed E-state index contributed by atoms with van der Waals surface area (Å²) in [6, 6.07) is 15.7. The number of nitrogens with two attached hydrogens (primary N) is 1. The third kappa shape index (κ3) is 5.80. The van der Waals surface area contributed by atoms with Crippen molar-refractivity contribution >= 4 is 33.5 Å². The maximum absolute atomic E-state index is 11.5. The summed E-state index contributed by atoms with van der Waals surface area (Å²) in [5.74, 6) is -0.0770. The molecule has 152 valence electrons. The van der Waals surface area contributed by atoms with Crippen LogP contribution in [0.4, 0.5) is 5.13 Å². The molecular weight excluding hydrogens is 406 g/mol. The van der Waals surface area contributed by atoms with Gasteiger partial charge < -0.3 is 15.6 Å². The summed E-state index contributed by atoms with van der Waals surface area (Å²) >= 11 is -0.470. The molecule has 3 aromatic rings. The Balaban J connectivity index is 1.96. The van der Waals surface area contributed by atoms with Crippen LogP contribution in [-0.2, 0) is 28.0 Å². The van der Waals surface area contributed by atoms with Crippen LogP contribution in [0.15, 0.2) is 48.5 Å². The highest BCUT2D eigenvalue weighted by Crippen LogP contribution is 2.39.